The van der Waals surface area contributed by atoms with Crippen molar-refractivity contribution in [3.63, 3.8) is 0 Å². The van der Waals surface area contributed by atoms with E-state index in [4.69, 9.17) is 4.74 Å². The summed E-state index contributed by atoms with van der Waals surface area (Å²) in [7, 11) is 3.59. The van der Waals surface area contributed by atoms with Crippen LogP contribution < -0.4 is 5.32 Å². The Balaban J connectivity index is 2.95. The third-order valence-electron chi connectivity index (χ3n) is 3.29. The van der Waals surface area contributed by atoms with Crippen LogP contribution in [0.2, 0.25) is 0 Å². The molecular formula is C15H23BrFNO. The number of likely N-dealkylation sites (N-methyl/N-ethyl adjacent to an activating group) is 1. The smallest absolute Gasteiger partial charge is 0.126 e. The highest BCUT2D eigenvalue weighted by atomic mass is 79.9. The molecule has 1 rings (SSSR count). The highest BCUT2D eigenvalue weighted by molar-refractivity contribution is 9.10. The van der Waals surface area contributed by atoms with E-state index in [0.717, 1.165) is 4.47 Å². The SMILES string of the molecule is CNC(Cc1cc(Br)ccc1F)C(OC)C(C)(C)C. The lowest BCUT2D eigenvalue weighted by Gasteiger charge is -2.36. The third-order valence-corrected chi connectivity index (χ3v) is 3.78. The molecule has 0 bridgehead atoms. The Kier molecular flexibility index (Phi) is 5.96. The molecule has 108 valence electrons. The molecule has 4 heteroatoms. The van der Waals surface area contributed by atoms with Crippen LogP contribution in [0.4, 0.5) is 4.39 Å². The predicted octanol–water partition coefficient (Wildman–Crippen LogP) is 3.78. The molecule has 0 spiro atoms. The summed E-state index contributed by atoms with van der Waals surface area (Å²) in [6.07, 6.45) is 0.605. The standard InChI is InChI=1S/C15H23BrFNO/c1-15(2,3)14(19-5)13(18-4)9-10-8-11(16)6-7-12(10)17/h6-8,13-14,18H,9H2,1-5H3. The van der Waals surface area contributed by atoms with Gasteiger partial charge in [0.1, 0.15) is 5.82 Å². The van der Waals surface area contributed by atoms with Gasteiger partial charge in [-0.3, -0.25) is 0 Å². The van der Waals surface area contributed by atoms with Gasteiger partial charge in [0.15, 0.2) is 0 Å². The second kappa shape index (κ2) is 6.82. The minimum absolute atomic E-state index is 0.00901. The molecule has 1 aromatic carbocycles. The molecular weight excluding hydrogens is 309 g/mol. The van der Waals surface area contributed by atoms with E-state index in [1.165, 1.54) is 6.07 Å². The van der Waals surface area contributed by atoms with Crippen molar-refractivity contribution in [3.05, 3.63) is 34.1 Å². The van der Waals surface area contributed by atoms with E-state index in [1.54, 1.807) is 13.2 Å². The summed E-state index contributed by atoms with van der Waals surface area (Å²) in [6.45, 7) is 6.38. The first-order valence-corrected chi connectivity index (χ1v) is 7.23. The molecule has 2 nitrogen and oxygen atoms in total. The Labute approximate surface area is 123 Å². The van der Waals surface area contributed by atoms with Crippen molar-refractivity contribution in [3.8, 4) is 0 Å². The van der Waals surface area contributed by atoms with Gasteiger partial charge in [-0.1, -0.05) is 36.7 Å². The van der Waals surface area contributed by atoms with E-state index >= 15 is 0 Å². The average molecular weight is 332 g/mol. The summed E-state index contributed by atoms with van der Waals surface area (Å²) in [5.74, 6) is -0.174. The summed E-state index contributed by atoms with van der Waals surface area (Å²) in [5, 5.41) is 3.25. The van der Waals surface area contributed by atoms with Gasteiger partial charge < -0.3 is 10.1 Å². The van der Waals surface area contributed by atoms with E-state index in [-0.39, 0.29) is 23.4 Å². The number of hydrogen-bond donors (Lipinski definition) is 1. The lowest BCUT2D eigenvalue weighted by molar-refractivity contribution is -0.00937. The van der Waals surface area contributed by atoms with Crippen LogP contribution in [0.5, 0.6) is 0 Å². The monoisotopic (exact) mass is 331 g/mol. The minimum atomic E-state index is -0.174. The Morgan fingerprint density at radius 2 is 2.00 bits per heavy atom. The Morgan fingerprint density at radius 3 is 2.47 bits per heavy atom. The molecule has 2 unspecified atom stereocenters. The maximum atomic E-state index is 13.8. The van der Waals surface area contributed by atoms with E-state index in [9.17, 15) is 4.39 Å². The van der Waals surface area contributed by atoms with Crippen molar-refractivity contribution >= 4 is 15.9 Å². The van der Waals surface area contributed by atoms with E-state index in [0.29, 0.717) is 12.0 Å². The molecule has 0 aromatic heterocycles. The number of methoxy groups -OCH3 is 1. The molecule has 0 amide bonds. The number of rotatable bonds is 5. The van der Waals surface area contributed by atoms with Crippen LogP contribution in [0.25, 0.3) is 0 Å². The highest BCUT2D eigenvalue weighted by Crippen LogP contribution is 2.27. The fourth-order valence-electron chi connectivity index (χ4n) is 2.42. The summed E-state index contributed by atoms with van der Waals surface area (Å²) in [6, 6.07) is 5.10. The van der Waals surface area contributed by atoms with E-state index < -0.39 is 0 Å². The topological polar surface area (TPSA) is 21.3 Å². The normalized spacial score (nSPS) is 15.3. The molecule has 0 fully saturated rings. The highest BCUT2D eigenvalue weighted by Gasteiger charge is 2.32. The molecule has 0 saturated carbocycles. The van der Waals surface area contributed by atoms with Gasteiger partial charge in [0, 0.05) is 17.6 Å². The van der Waals surface area contributed by atoms with Gasteiger partial charge >= 0.3 is 0 Å². The van der Waals surface area contributed by atoms with Crippen molar-refractivity contribution in [2.24, 2.45) is 5.41 Å². The van der Waals surface area contributed by atoms with Gasteiger partial charge in [0.05, 0.1) is 6.10 Å². The van der Waals surface area contributed by atoms with Crippen molar-refractivity contribution in [2.75, 3.05) is 14.2 Å². The minimum Gasteiger partial charge on any atom is -0.379 e. The number of ether oxygens (including phenoxy) is 1. The van der Waals surface area contributed by atoms with Crippen LogP contribution in [0.3, 0.4) is 0 Å². The molecule has 2 atom stereocenters. The van der Waals surface area contributed by atoms with Crippen LogP contribution in [-0.4, -0.2) is 26.3 Å². The molecule has 19 heavy (non-hydrogen) atoms. The van der Waals surface area contributed by atoms with Crippen LogP contribution in [0.15, 0.2) is 22.7 Å². The van der Waals surface area contributed by atoms with Gasteiger partial charge in [-0.15, -0.1) is 0 Å². The lowest BCUT2D eigenvalue weighted by atomic mass is 9.82. The summed E-state index contributed by atoms with van der Waals surface area (Å²) < 4.78 is 20.3. The quantitative estimate of drug-likeness (QED) is 0.886. The Hall–Kier alpha value is -0.450. The zero-order valence-corrected chi connectivity index (χ0v) is 13.8. The van der Waals surface area contributed by atoms with E-state index in [1.807, 2.05) is 13.1 Å². The molecule has 1 aromatic rings. The van der Waals surface area contributed by atoms with Gasteiger partial charge in [-0.25, -0.2) is 4.39 Å². The second-order valence-electron chi connectivity index (χ2n) is 5.86. The molecule has 0 radical (unpaired) electrons. The Bertz CT molecular complexity index is 417. The van der Waals surface area contributed by atoms with E-state index in [2.05, 4.69) is 42.0 Å². The van der Waals surface area contributed by atoms with Crippen molar-refractivity contribution in [2.45, 2.75) is 39.3 Å². The van der Waals surface area contributed by atoms with Crippen molar-refractivity contribution < 1.29 is 9.13 Å². The summed E-state index contributed by atoms with van der Waals surface area (Å²) >= 11 is 3.38. The third kappa shape index (κ3) is 4.55. The van der Waals surface area contributed by atoms with Crippen molar-refractivity contribution in [1.29, 1.82) is 0 Å². The maximum absolute atomic E-state index is 13.8. The van der Waals surface area contributed by atoms with Crippen LogP contribution in [-0.2, 0) is 11.2 Å². The van der Waals surface area contributed by atoms with Crippen LogP contribution in [0.1, 0.15) is 26.3 Å². The fraction of sp³-hybridized carbons (Fsp3) is 0.600. The van der Waals surface area contributed by atoms with Gasteiger partial charge in [-0.05, 0) is 42.6 Å². The molecule has 0 saturated heterocycles. The summed E-state index contributed by atoms with van der Waals surface area (Å²) in [4.78, 5) is 0. The molecule has 0 aliphatic carbocycles. The lowest BCUT2D eigenvalue weighted by Crippen LogP contribution is -2.47. The van der Waals surface area contributed by atoms with Gasteiger partial charge in [-0.2, -0.15) is 0 Å². The Morgan fingerprint density at radius 1 is 1.37 bits per heavy atom. The number of halogens is 2. The first-order chi connectivity index (χ1) is 8.79. The van der Waals surface area contributed by atoms with Crippen LogP contribution >= 0.6 is 15.9 Å². The number of nitrogens with one attached hydrogen (secondary N) is 1. The largest absolute Gasteiger partial charge is 0.379 e. The zero-order valence-electron chi connectivity index (χ0n) is 12.3. The predicted molar refractivity (Wildman–Crippen MR) is 80.9 cm³/mol. The average Bonchev–Trinajstić information content (AvgIpc) is 2.31. The number of hydrogen-bond acceptors (Lipinski definition) is 2. The fourth-order valence-corrected chi connectivity index (χ4v) is 2.83. The van der Waals surface area contributed by atoms with Gasteiger partial charge in [0.25, 0.3) is 0 Å². The first kappa shape index (κ1) is 16.6. The second-order valence-corrected chi connectivity index (χ2v) is 6.77. The van der Waals surface area contributed by atoms with Gasteiger partial charge in [0.2, 0.25) is 0 Å². The molecule has 0 heterocycles. The molecule has 1 N–H and O–H groups in total. The molecule has 0 aliphatic rings. The first-order valence-electron chi connectivity index (χ1n) is 6.43. The molecule has 0 aliphatic heterocycles. The van der Waals surface area contributed by atoms with Crippen LogP contribution in [0, 0.1) is 11.2 Å². The zero-order chi connectivity index (χ0) is 14.6. The number of benzene rings is 1. The summed E-state index contributed by atoms with van der Waals surface area (Å²) in [5.41, 5.74) is 0.685. The van der Waals surface area contributed by atoms with Crippen molar-refractivity contribution in [1.82, 2.24) is 5.32 Å². The maximum Gasteiger partial charge on any atom is 0.126 e.